The van der Waals surface area contributed by atoms with Gasteiger partial charge in [0.05, 0.1) is 6.61 Å². The predicted molar refractivity (Wildman–Crippen MR) is 126 cm³/mol. The van der Waals surface area contributed by atoms with Crippen molar-refractivity contribution in [3.8, 4) is 0 Å². The normalized spacial score (nSPS) is 11.4. The molecule has 0 amide bonds. The smallest absolute Gasteiger partial charge is 0.322 e. The Morgan fingerprint density at radius 3 is 1.69 bits per heavy atom. The summed E-state index contributed by atoms with van der Waals surface area (Å²) in [6.07, 6.45) is 19.9. The number of esters is 1. The number of nitrogens with two attached hydrogens (primary N) is 1. The number of carboxylic acids is 1. The first-order valence-electron chi connectivity index (χ1n) is 11.6. The van der Waals surface area contributed by atoms with Crippen LogP contribution in [-0.4, -0.2) is 41.7 Å². The summed E-state index contributed by atoms with van der Waals surface area (Å²) >= 11 is 1.68. The number of unbranched alkanes of at least 4 members (excludes halogenated alkanes) is 12. The molecule has 29 heavy (non-hydrogen) atoms. The van der Waals surface area contributed by atoms with Crippen molar-refractivity contribution in [1.29, 1.82) is 0 Å². The zero-order valence-electron chi connectivity index (χ0n) is 19.3. The molecule has 0 aliphatic heterocycles. The van der Waals surface area contributed by atoms with Crippen LogP contribution in [0.3, 0.4) is 0 Å². The molecular formula is C23H47NO4S. The van der Waals surface area contributed by atoms with Gasteiger partial charge in [-0.3, -0.25) is 9.59 Å². The number of hydrogen-bond acceptors (Lipinski definition) is 5. The van der Waals surface area contributed by atoms with E-state index in [4.69, 9.17) is 15.6 Å². The fourth-order valence-electron chi connectivity index (χ4n) is 2.91. The summed E-state index contributed by atoms with van der Waals surface area (Å²) in [6.45, 7) is 4.45. The molecule has 0 aromatic carbocycles. The van der Waals surface area contributed by atoms with E-state index in [1.165, 1.54) is 70.6 Å². The second-order valence-electron chi connectivity index (χ2n) is 7.53. The maximum Gasteiger partial charge on any atom is 0.322 e. The predicted octanol–water partition coefficient (Wildman–Crippen LogP) is 6.18. The molecule has 174 valence electrons. The third-order valence-corrected chi connectivity index (χ3v) is 5.36. The number of carbonyl (C=O) groups excluding carboxylic acids is 1. The molecule has 0 saturated carbocycles. The van der Waals surface area contributed by atoms with Gasteiger partial charge in [0, 0.05) is 6.42 Å². The Morgan fingerprint density at radius 2 is 1.31 bits per heavy atom. The highest BCUT2D eigenvalue weighted by Gasteiger charge is 2.12. The molecule has 0 saturated heterocycles. The Bertz CT molecular complexity index is 367. The van der Waals surface area contributed by atoms with Gasteiger partial charge in [0.15, 0.2) is 0 Å². The minimum Gasteiger partial charge on any atom is -0.481 e. The topological polar surface area (TPSA) is 89.6 Å². The quantitative estimate of drug-likeness (QED) is 0.187. The van der Waals surface area contributed by atoms with Crippen LogP contribution in [0.1, 0.15) is 110 Å². The first-order valence-corrected chi connectivity index (χ1v) is 13.0. The van der Waals surface area contributed by atoms with E-state index < -0.39 is 12.0 Å². The average molecular weight is 434 g/mol. The summed E-state index contributed by atoms with van der Waals surface area (Å²) in [4.78, 5) is 21.2. The number of hydrogen-bond donors (Lipinski definition) is 2. The van der Waals surface area contributed by atoms with E-state index in [0.717, 1.165) is 18.6 Å². The zero-order valence-corrected chi connectivity index (χ0v) is 20.1. The van der Waals surface area contributed by atoms with Gasteiger partial charge in [-0.2, -0.15) is 11.8 Å². The highest BCUT2D eigenvalue weighted by molar-refractivity contribution is 7.98. The Hall–Kier alpha value is -0.750. The second kappa shape index (κ2) is 25.3. The molecule has 0 bridgehead atoms. The summed E-state index contributed by atoms with van der Waals surface area (Å²) in [5.41, 5.74) is 5.50. The Balaban J connectivity index is 0. The van der Waals surface area contributed by atoms with E-state index in [0.29, 0.717) is 19.4 Å². The van der Waals surface area contributed by atoms with E-state index in [1.54, 1.807) is 18.7 Å². The standard InChI is InChI=1S/C16H32O2.C7H15NO2S/c1-2-3-4-5-6-7-8-9-10-11-12-13-14-15-16(17)18;1-3-10-7(9)6(8)4-5-11-2/h2-15H2,1H3,(H,17,18);6H,3-5,8H2,1-2H3/t;6-/m.0/s1. The van der Waals surface area contributed by atoms with Crippen molar-refractivity contribution in [1.82, 2.24) is 0 Å². The Morgan fingerprint density at radius 1 is 0.862 bits per heavy atom. The number of ether oxygens (including phenoxy) is 1. The van der Waals surface area contributed by atoms with Crippen molar-refractivity contribution in [2.45, 2.75) is 116 Å². The lowest BCUT2D eigenvalue weighted by molar-refractivity contribution is -0.144. The molecule has 0 radical (unpaired) electrons. The van der Waals surface area contributed by atoms with Gasteiger partial charge in [-0.15, -0.1) is 0 Å². The molecule has 6 heteroatoms. The van der Waals surface area contributed by atoms with Crippen molar-refractivity contribution in [3.05, 3.63) is 0 Å². The van der Waals surface area contributed by atoms with Gasteiger partial charge in [0.25, 0.3) is 0 Å². The average Bonchev–Trinajstić information content (AvgIpc) is 2.70. The van der Waals surface area contributed by atoms with Gasteiger partial charge < -0.3 is 15.6 Å². The van der Waals surface area contributed by atoms with Crippen molar-refractivity contribution < 1.29 is 19.4 Å². The lowest BCUT2D eigenvalue weighted by Gasteiger charge is -2.08. The summed E-state index contributed by atoms with van der Waals surface area (Å²) in [6, 6.07) is -0.442. The van der Waals surface area contributed by atoms with Crippen LogP contribution in [0.5, 0.6) is 0 Å². The summed E-state index contributed by atoms with van der Waals surface area (Å²) in [5.74, 6) is -0.0420. The van der Waals surface area contributed by atoms with E-state index >= 15 is 0 Å². The van der Waals surface area contributed by atoms with Crippen LogP contribution in [0, 0.1) is 0 Å². The third-order valence-electron chi connectivity index (χ3n) is 4.72. The molecule has 0 rings (SSSR count). The van der Waals surface area contributed by atoms with Crippen molar-refractivity contribution in [3.63, 3.8) is 0 Å². The first kappa shape index (κ1) is 30.4. The van der Waals surface area contributed by atoms with Crippen LogP contribution in [0.25, 0.3) is 0 Å². The van der Waals surface area contributed by atoms with Gasteiger partial charge in [-0.1, -0.05) is 84.0 Å². The van der Waals surface area contributed by atoms with Crippen LogP contribution in [0.4, 0.5) is 0 Å². The van der Waals surface area contributed by atoms with E-state index in [1.807, 2.05) is 6.26 Å². The van der Waals surface area contributed by atoms with Crippen molar-refractivity contribution >= 4 is 23.7 Å². The van der Waals surface area contributed by atoms with Gasteiger partial charge in [-0.05, 0) is 31.8 Å². The van der Waals surface area contributed by atoms with Gasteiger partial charge >= 0.3 is 11.9 Å². The molecule has 0 heterocycles. The summed E-state index contributed by atoms with van der Waals surface area (Å²) in [7, 11) is 0. The molecule has 0 aromatic rings. The summed E-state index contributed by atoms with van der Waals surface area (Å²) < 4.78 is 4.73. The number of aliphatic carboxylic acids is 1. The van der Waals surface area contributed by atoms with Crippen LogP contribution < -0.4 is 5.73 Å². The van der Waals surface area contributed by atoms with E-state index in [-0.39, 0.29) is 5.97 Å². The lowest BCUT2D eigenvalue weighted by atomic mass is 10.0. The minimum atomic E-state index is -0.655. The highest BCUT2D eigenvalue weighted by atomic mass is 32.2. The first-order chi connectivity index (χ1) is 14.0. The molecule has 0 unspecified atom stereocenters. The number of thioether (sulfide) groups is 1. The Kier molecular flexibility index (Phi) is 26.5. The number of carboxylic acid groups (broad SMARTS) is 1. The lowest BCUT2D eigenvalue weighted by Crippen LogP contribution is -2.32. The highest BCUT2D eigenvalue weighted by Crippen LogP contribution is 2.12. The van der Waals surface area contributed by atoms with Gasteiger partial charge in [0.2, 0.25) is 0 Å². The van der Waals surface area contributed by atoms with Crippen molar-refractivity contribution in [2.24, 2.45) is 5.73 Å². The monoisotopic (exact) mass is 433 g/mol. The zero-order chi connectivity index (χ0) is 22.2. The van der Waals surface area contributed by atoms with E-state index in [2.05, 4.69) is 6.92 Å². The third kappa shape index (κ3) is 27.2. The summed E-state index contributed by atoms with van der Waals surface area (Å²) in [5, 5.41) is 8.49. The molecule has 0 spiro atoms. The Labute approximate surface area is 183 Å². The molecule has 5 nitrogen and oxygen atoms in total. The van der Waals surface area contributed by atoms with Crippen LogP contribution in [-0.2, 0) is 14.3 Å². The minimum absolute atomic E-state index is 0.290. The maximum absolute atomic E-state index is 10.9. The largest absolute Gasteiger partial charge is 0.481 e. The van der Waals surface area contributed by atoms with Gasteiger partial charge in [-0.25, -0.2) is 0 Å². The second-order valence-corrected chi connectivity index (χ2v) is 8.51. The fourth-order valence-corrected chi connectivity index (χ4v) is 3.40. The molecule has 0 fully saturated rings. The van der Waals surface area contributed by atoms with Crippen LogP contribution in [0.15, 0.2) is 0 Å². The molecule has 0 aliphatic rings. The molecular weight excluding hydrogens is 386 g/mol. The fraction of sp³-hybridized carbons (Fsp3) is 0.913. The van der Waals surface area contributed by atoms with Gasteiger partial charge in [0.1, 0.15) is 6.04 Å². The molecule has 3 N–H and O–H groups in total. The van der Waals surface area contributed by atoms with E-state index in [9.17, 15) is 9.59 Å². The number of carbonyl (C=O) groups is 2. The van der Waals surface area contributed by atoms with Crippen molar-refractivity contribution in [2.75, 3.05) is 18.6 Å². The SMILES string of the molecule is CCCCCCCCCCCCCCCC(=O)O.CCOC(=O)[C@@H](N)CCSC. The molecule has 1 atom stereocenters. The van der Waals surface area contributed by atoms with Crippen LogP contribution in [0.2, 0.25) is 0 Å². The molecule has 0 aromatic heterocycles. The molecule has 0 aliphatic carbocycles. The van der Waals surface area contributed by atoms with Crippen LogP contribution >= 0.6 is 11.8 Å². The number of rotatable bonds is 19. The maximum atomic E-state index is 10.9.